The molecule has 0 saturated carbocycles. The Morgan fingerprint density at radius 3 is 2.48 bits per heavy atom. The molecule has 0 spiro atoms. The maximum atomic E-state index is 13.0. The van der Waals surface area contributed by atoms with Gasteiger partial charge in [0.15, 0.2) is 0 Å². The Hall–Kier alpha value is -2.43. The van der Waals surface area contributed by atoms with Crippen LogP contribution in [0.15, 0.2) is 36.4 Å². The first-order chi connectivity index (χ1) is 10.0. The minimum atomic E-state index is -0.470. The summed E-state index contributed by atoms with van der Waals surface area (Å²) in [5.74, 6) is 0.789. The van der Waals surface area contributed by atoms with Gasteiger partial charge in [-0.2, -0.15) is 0 Å². The lowest BCUT2D eigenvalue weighted by Crippen LogP contribution is -2.08. The second-order valence-corrected chi connectivity index (χ2v) is 4.64. The van der Waals surface area contributed by atoms with E-state index in [1.165, 1.54) is 6.07 Å². The van der Waals surface area contributed by atoms with Crippen LogP contribution < -0.4 is 14.8 Å². The van der Waals surface area contributed by atoms with Crippen molar-refractivity contribution >= 4 is 5.69 Å². The zero-order valence-corrected chi connectivity index (χ0v) is 12.2. The van der Waals surface area contributed by atoms with Gasteiger partial charge in [0.1, 0.15) is 23.1 Å². The molecule has 2 aromatic carbocycles. The highest BCUT2D eigenvalue weighted by molar-refractivity contribution is 5.61. The lowest BCUT2D eigenvalue weighted by molar-refractivity contribution is 0.404. The molecule has 0 aliphatic heterocycles. The van der Waals surface area contributed by atoms with Gasteiger partial charge in [-0.15, -0.1) is 0 Å². The molecule has 2 rings (SSSR count). The summed E-state index contributed by atoms with van der Waals surface area (Å²) in [5, 5.41) is 13.1. The van der Waals surface area contributed by atoms with Crippen molar-refractivity contribution in [3.05, 3.63) is 47.8 Å². The highest BCUT2D eigenvalue weighted by Gasteiger charge is 2.14. The van der Waals surface area contributed by atoms with Crippen LogP contribution in [-0.4, -0.2) is 19.3 Å². The van der Waals surface area contributed by atoms with Gasteiger partial charge in [0.2, 0.25) is 0 Å². The molecule has 5 heteroatoms. The summed E-state index contributed by atoms with van der Waals surface area (Å²) in [6.45, 7) is 1.87. The van der Waals surface area contributed by atoms with Gasteiger partial charge in [-0.05, 0) is 25.1 Å². The van der Waals surface area contributed by atoms with E-state index in [2.05, 4.69) is 5.32 Å². The third-order valence-corrected chi connectivity index (χ3v) is 3.24. The Morgan fingerprint density at radius 2 is 1.86 bits per heavy atom. The average molecular weight is 291 g/mol. The molecular weight excluding hydrogens is 273 g/mol. The van der Waals surface area contributed by atoms with E-state index in [1.54, 1.807) is 38.5 Å². The van der Waals surface area contributed by atoms with E-state index >= 15 is 0 Å². The normalized spacial score (nSPS) is 11.8. The highest BCUT2D eigenvalue weighted by Crippen LogP contribution is 2.33. The first-order valence-corrected chi connectivity index (χ1v) is 6.52. The Morgan fingerprint density at radius 1 is 1.10 bits per heavy atom. The molecule has 0 radical (unpaired) electrons. The van der Waals surface area contributed by atoms with Crippen LogP contribution in [0.3, 0.4) is 0 Å². The predicted octanol–water partition coefficient (Wildman–Crippen LogP) is 3.72. The van der Waals surface area contributed by atoms with Crippen LogP contribution in [0.1, 0.15) is 18.5 Å². The van der Waals surface area contributed by atoms with Crippen molar-refractivity contribution in [3.63, 3.8) is 0 Å². The van der Waals surface area contributed by atoms with Gasteiger partial charge in [-0.1, -0.05) is 6.07 Å². The molecule has 0 bridgehead atoms. The monoisotopic (exact) mass is 291 g/mol. The molecule has 0 fully saturated rings. The molecule has 0 amide bonds. The summed E-state index contributed by atoms with van der Waals surface area (Å²) in [6.07, 6.45) is 0. The number of aromatic hydroxyl groups is 1. The summed E-state index contributed by atoms with van der Waals surface area (Å²) in [5.41, 5.74) is 1.33. The number of phenolic OH excluding ortho intramolecular Hbond substituents is 1. The SMILES string of the molecule is COc1ccc(OC)c(NC(C)c2ccc(F)cc2O)c1. The maximum absolute atomic E-state index is 13.0. The number of benzene rings is 2. The van der Waals surface area contributed by atoms with Gasteiger partial charge in [0.25, 0.3) is 0 Å². The fraction of sp³-hybridized carbons (Fsp3) is 0.250. The highest BCUT2D eigenvalue weighted by atomic mass is 19.1. The average Bonchev–Trinajstić information content (AvgIpc) is 2.46. The summed E-state index contributed by atoms with van der Waals surface area (Å²) < 4.78 is 23.5. The van der Waals surface area contributed by atoms with E-state index in [1.807, 2.05) is 6.92 Å². The quantitative estimate of drug-likeness (QED) is 0.881. The molecule has 1 unspecified atom stereocenters. The molecule has 0 aliphatic rings. The van der Waals surface area contributed by atoms with E-state index in [0.29, 0.717) is 17.1 Å². The molecule has 0 aromatic heterocycles. The minimum absolute atomic E-state index is 0.0862. The fourth-order valence-electron chi connectivity index (χ4n) is 2.12. The third-order valence-electron chi connectivity index (χ3n) is 3.24. The second kappa shape index (κ2) is 6.35. The molecule has 4 nitrogen and oxygen atoms in total. The number of hydrogen-bond donors (Lipinski definition) is 2. The van der Waals surface area contributed by atoms with Crippen molar-refractivity contribution in [2.45, 2.75) is 13.0 Å². The number of rotatable bonds is 5. The van der Waals surface area contributed by atoms with E-state index in [4.69, 9.17) is 9.47 Å². The van der Waals surface area contributed by atoms with Gasteiger partial charge in [-0.25, -0.2) is 4.39 Å². The Kier molecular flexibility index (Phi) is 4.52. The van der Waals surface area contributed by atoms with Crippen molar-refractivity contribution < 1.29 is 19.0 Å². The third kappa shape index (κ3) is 3.37. The van der Waals surface area contributed by atoms with Crippen LogP contribution in [-0.2, 0) is 0 Å². The molecule has 0 aliphatic carbocycles. The lowest BCUT2D eigenvalue weighted by atomic mass is 10.1. The van der Waals surface area contributed by atoms with Gasteiger partial charge in [-0.3, -0.25) is 0 Å². The number of methoxy groups -OCH3 is 2. The Labute approximate surface area is 123 Å². The number of ether oxygens (including phenoxy) is 2. The molecule has 2 aromatic rings. The minimum Gasteiger partial charge on any atom is -0.507 e. The van der Waals surface area contributed by atoms with Crippen molar-refractivity contribution in [2.75, 3.05) is 19.5 Å². The summed E-state index contributed by atoms with van der Waals surface area (Å²) >= 11 is 0. The van der Waals surface area contributed by atoms with Crippen molar-refractivity contribution in [3.8, 4) is 17.2 Å². The number of hydrogen-bond acceptors (Lipinski definition) is 4. The van der Waals surface area contributed by atoms with Gasteiger partial charge in [0.05, 0.1) is 25.9 Å². The summed E-state index contributed by atoms with van der Waals surface area (Å²) in [7, 11) is 3.16. The Balaban J connectivity index is 2.28. The van der Waals surface area contributed by atoms with Crippen molar-refractivity contribution in [1.82, 2.24) is 0 Å². The number of anilines is 1. The van der Waals surface area contributed by atoms with Gasteiger partial charge < -0.3 is 19.9 Å². The largest absolute Gasteiger partial charge is 0.507 e. The van der Waals surface area contributed by atoms with Crippen LogP contribution in [0.4, 0.5) is 10.1 Å². The van der Waals surface area contributed by atoms with Crippen molar-refractivity contribution in [2.24, 2.45) is 0 Å². The summed E-state index contributed by atoms with van der Waals surface area (Å²) in [4.78, 5) is 0. The number of nitrogens with one attached hydrogen (secondary N) is 1. The van der Waals surface area contributed by atoms with Crippen molar-refractivity contribution in [1.29, 1.82) is 0 Å². The standard InChI is InChI=1S/C16H18FNO3/c1-10(13-6-4-11(17)8-15(13)19)18-14-9-12(20-2)5-7-16(14)21-3/h4-10,18-19H,1-3H3. The van der Waals surface area contributed by atoms with Gasteiger partial charge in [0, 0.05) is 17.7 Å². The van der Waals surface area contributed by atoms with Gasteiger partial charge >= 0.3 is 0 Å². The van der Waals surface area contributed by atoms with Crippen LogP contribution >= 0.6 is 0 Å². The molecule has 21 heavy (non-hydrogen) atoms. The predicted molar refractivity (Wildman–Crippen MR) is 79.6 cm³/mol. The van der Waals surface area contributed by atoms with Crippen LogP contribution in [0.25, 0.3) is 0 Å². The lowest BCUT2D eigenvalue weighted by Gasteiger charge is -2.19. The molecule has 0 saturated heterocycles. The zero-order valence-electron chi connectivity index (χ0n) is 12.2. The topological polar surface area (TPSA) is 50.7 Å². The Bertz CT molecular complexity index is 631. The van der Waals surface area contributed by atoms with E-state index in [0.717, 1.165) is 11.8 Å². The summed E-state index contributed by atoms with van der Waals surface area (Å²) in [6, 6.07) is 9.12. The molecule has 0 heterocycles. The van der Waals surface area contributed by atoms with E-state index < -0.39 is 5.82 Å². The van der Waals surface area contributed by atoms with Crippen LogP contribution in [0.2, 0.25) is 0 Å². The van der Waals surface area contributed by atoms with E-state index in [9.17, 15) is 9.50 Å². The first-order valence-electron chi connectivity index (χ1n) is 6.52. The molecule has 1 atom stereocenters. The molecular formula is C16H18FNO3. The van der Waals surface area contributed by atoms with E-state index in [-0.39, 0.29) is 11.8 Å². The fourth-order valence-corrected chi connectivity index (χ4v) is 2.12. The van der Waals surface area contributed by atoms with Crippen LogP contribution in [0.5, 0.6) is 17.2 Å². The number of halogens is 1. The number of phenols is 1. The molecule has 112 valence electrons. The second-order valence-electron chi connectivity index (χ2n) is 4.64. The maximum Gasteiger partial charge on any atom is 0.142 e. The zero-order chi connectivity index (χ0) is 15.4. The smallest absolute Gasteiger partial charge is 0.142 e. The van der Waals surface area contributed by atoms with Crippen LogP contribution in [0, 0.1) is 5.82 Å². The molecule has 2 N–H and O–H groups in total. The first kappa shape index (κ1) is 15.0.